The molecule has 1 fully saturated rings. The van der Waals surface area contributed by atoms with Gasteiger partial charge in [0.2, 0.25) is 0 Å². The zero-order chi connectivity index (χ0) is 20.3. The van der Waals surface area contributed by atoms with Crippen LogP contribution in [0.4, 0.5) is 5.69 Å². The summed E-state index contributed by atoms with van der Waals surface area (Å²) in [7, 11) is -3.97. The normalized spacial score (nSPS) is 19.8. The Morgan fingerprint density at radius 1 is 1.04 bits per heavy atom. The van der Waals surface area contributed by atoms with Crippen molar-refractivity contribution in [1.82, 2.24) is 5.32 Å². The molecule has 0 atom stereocenters. The Labute approximate surface area is 173 Å². The van der Waals surface area contributed by atoms with E-state index in [9.17, 15) is 18.3 Å². The van der Waals surface area contributed by atoms with Crippen molar-refractivity contribution in [2.45, 2.75) is 42.7 Å². The van der Waals surface area contributed by atoms with Crippen LogP contribution in [0.15, 0.2) is 47.4 Å². The molecular formula is C19H20Cl2N2O4S. The fourth-order valence-electron chi connectivity index (χ4n) is 3.11. The van der Waals surface area contributed by atoms with Gasteiger partial charge in [0.25, 0.3) is 15.9 Å². The Morgan fingerprint density at radius 2 is 1.75 bits per heavy atom. The molecule has 3 rings (SSSR count). The van der Waals surface area contributed by atoms with Crippen LogP contribution in [0.2, 0.25) is 10.0 Å². The lowest BCUT2D eigenvalue weighted by Crippen LogP contribution is -2.38. The van der Waals surface area contributed by atoms with Crippen molar-refractivity contribution in [2.24, 2.45) is 0 Å². The van der Waals surface area contributed by atoms with Crippen molar-refractivity contribution in [3.05, 3.63) is 58.1 Å². The average molecular weight is 443 g/mol. The number of carbonyl (C=O) groups excluding carboxylic acids is 1. The Bertz CT molecular complexity index is 974. The summed E-state index contributed by atoms with van der Waals surface area (Å²) in [5.74, 6) is -0.289. The van der Waals surface area contributed by atoms with Crippen LogP contribution < -0.4 is 10.0 Å². The molecular weight excluding hydrogens is 423 g/mol. The van der Waals surface area contributed by atoms with Gasteiger partial charge in [-0.3, -0.25) is 9.52 Å². The van der Waals surface area contributed by atoms with Crippen LogP contribution in [-0.2, 0) is 10.0 Å². The highest BCUT2D eigenvalue weighted by Gasteiger charge is 2.22. The van der Waals surface area contributed by atoms with E-state index in [1.165, 1.54) is 24.3 Å². The third kappa shape index (κ3) is 5.17. The van der Waals surface area contributed by atoms with Gasteiger partial charge in [-0.25, -0.2) is 8.42 Å². The highest BCUT2D eigenvalue weighted by molar-refractivity contribution is 7.92. The minimum absolute atomic E-state index is 0.00140. The van der Waals surface area contributed by atoms with Crippen LogP contribution in [0.5, 0.6) is 0 Å². The maximum atomic E-state index is 12.6. The number of aliphatic hydroxyl groups excluding tert-OH is 1. The summed E-state index contributed by atoms with van der Waals surface area (Å²) >= 11 is 11.9. The molecule has 28 heavy (non-hydrogen) atoms. The molecule has 0 aromatic heterocycles. The summed E-state index contributed by atoms with van der Waals surface area (Å²) in [6.45, 7) is 0. The Balaban J connectivity index is 1.74. The van der Waals surface area contributed by atoms with Gasteiger partial charge in [0.15, 0.2) is 0 Å². The molecule has 2 aromatic carbocycles. The number of halogens is 2. The second kappa shape index (κ2) is 8.69. The SMILES string of the molecule is O=C(NC1CCC(O)CC1)c1cccc(NS(=O)(=O)c2cc(Cl)ccc2Cl)c1. The number of benzene rings is 2. The summed E-state index contributed by atoms with van der Waals surface area (Å²) in [6.07, 6.45) is 2.44. The molecule has 0 spiro atoms. The predicted octanol–water partition coefficient (Wildman–Crippen LogP) is 3.83. The monoisotopic (exact) mass is 442 g/mol. The van der Waals surface area contributed by atoms with E-state index in [0.717, 1.165) is 0 Å². The first-order chi connectivity index (χ1) is 13.2. The van der Waals surface area contributed by atoms with Gasteiger partial charge < -0.3 is 10.4 Å². The fraction of sp³-hybridized carbons (Fsp3) is 0.316. The first-order valence-electron chi connectivity index (χ1n) is 8.81. The van der Waals surface area contributed by atoms with Crippen molar-refractivity contribution < 1.29 is 18.3 Å². The summed E-state index contributed by atoms with van der Waals surface area (Å²) in [6, 6.07) is 10.4. The van der Waals surface area contributed by atoms with Crippen molar-refractivity contribution in [3.8, 4) is 0 Å². The molecule has 0 unspecified atom stereocenters. The van der Waals surface area contributed by atoms with Crippen molar-refractivity contribution in [2.75, 3.05) is 4.72 Å². The molecule has 0 heterocycles. The maximum absolute atomic E-state index is 12.6. The Hall–Kier alpha value is -1.80. The molecule has 150 valence electrons. The minimum atomic E-state index is -3.97. The number of nitrogens with one attached hydrogen (secondary N) is 2. The van der Waals surface area contributed by atoms with E-state index in [2.05, 4.69) is 10.0 Å². The summed E-state index contributed by atoms with van der Waals surface area (Å²) in [5.41, 5.74) is 0.575. The fourth-order valence-corrected chi connectivity index (χ4v) is 4.92. The van der Waals surface area contributed by atoms with Crippen LogP contribution >= 0.6 is 23.2 Å². The number of rotatable bonds is 5. The second-order valence-electron chi connectivity index (χ2n) is 6.74. The molecule has 1 aliphatic rings. The van der Waals surface area contributed by atoms with Crippen LogP contribution in [-0.4, -0.2) is 31.6 Å². The minimum Gasteiger partial charge on any atom is -0.393 e. The van der Waals surface area contributed by atoms with Gasteiger partial charge in [-0.15, -0.1) is 0 Å². The number of aliphatic hydroxyl groups is 1. The van der Waals surface area contributed by atoms with Gasteiger partial charge in [0, 0.05) is 22.3 Å². The van der Waals surface area contributed by atoms with Crippen molar-refractivity contribution >= 4 is 44.8 Å². The van der Waals surface area contributed by atoms with Crippen LogP contribution in [0.25, 0.3) is 0 Å². The van der Waals surface area contributed by atoms with E-state index in [0.29, 0.717) is 31.2 Å². The number of hydrogen-bond acceptors (Lipinski definition) is 4. The number of carbonyl (C=O) groups is 1. The van der Waals surface area contributed by atoms with E-state index < -0.39 is 10.0 Å². The number of sulfonamides is 1. The van der Waals surface area contributed by atoms with Crippen LogP contribution in [0.1, 0.15) is 36.0 Å². The summed E-state index contributed by atoms with van der Waals surface area (Å²) in [4.78, 5) is 12.4. The quantitative estimate of drug-likeness (QED) is 0.655. The zero-order valence-corrected chi connectivity index (χ0v) is 17.2. The molecule has 3 N–H and O–H groups in total. The molecule has 0 saturated heterocycles. The van der Waals surface area contributed by atoms with Gasteiger partial charge in [0.1, 0.15) is 4.90 Å². The van der Waals surface area contributed by atoms with E-state index >= 15 is 0 Å². The average Bonchev–Trinajstić information content (AvgIpc) is 2.65. The van der Waals surface area contributed by atoms with Gasteiger partial charge in [0.05, 0.1) is 11.1 Å². The first kappa shape index (κ1) is 20.9. The summed E-state index contributed by atoms with van der Waals surface area (Å²) < 4.78 is 27.7. The molecule has 0 aliphatic heterocycles. The Kier molecular flexibility index (Phi) is 6.50. The van der Waals surface area contributed by atoms with Crippen LogP contribution in [0.3, 0.4) is 0 Å². The number of amides is 1. The smallest absolute Gasteiger partial charge is 0.263 e. The van der Waals surface area contributed by atoms with Crippen molar-refractivity contribution in [3.63, 3.8) is 0 Å². The first-order valence-corrected chi connectivity index (χ1v) is 11.1. The van der Waals surface area contributed by atoms with E-state index in [1.54, 1.807) is 18.2 Å². The number of hydrogen-bond donors (Lipinski definition) is 3. The highest BCUT2D eigenvalue weighted by atomic mass is 35.5. The molecule has 0 radical (unpaired) electrons. The molecule has 1 aliphatic carbocycles. The van der Waals surface area contributed by atoms with Crippen LogP contribution in [0, 0.1) is 0 Å². The lowest BCUT2D eigenvalue weighted by molar-refractivity contribution is 0.0867. The molecule has 9 heteroatoms. The van der Waals surface area contributed by atoms with Crippen molar-refractivity contribution in [1.29, 1.82) is 0 Å². The highest BCUT2D eigenvalue weighted by Crippen LogP contribution is 2.27. The van der Waals surface area contributed by atoms with Gasteiger partial charge in [-0.05, 0) is 62.1 Å². The third-order valence-corrected chi connectivity index (χ3v) is 6.69. The molecule has 0 bridgehead atoms. The van der Waals surface area contributed by atoms with E-state index in [1.807, 2.05) is 0 Å². The van der Waals surface area contributed by atoms with Gasteiger partial charge in [-0.2, -0.15) is 0 Å². The van der Waals surface area contributed by atoms with Gasteiger partial charge >= 0.3 is 0 Å². The third-order valence-electron chi connectivity index (χ3n) is 4.59. The van der Waals surface area contributed by atoms with Gasteiger partial charge in [-0.1, -0.05) is 29.3 Å². The molecule has 6 nitrogen and oxygen atoms in total. The Morgan fingerprint density at radius 3 is 2.46 bits per heavy atom. The summed E-state index contributed by atoms with van der Waals surface area (Å²) in [5, 5.41) is 12.8. The largest absolute Gasteiger partial charge is 0.393 e. The van der Waals surface area contributed by atoms with E-state index in [-0.39, 0.29) is 38.7 Å². The zero-order valence-electron chi connectivity index (χ0n) is 14.9. The maximum Gasteiger partial charge on any atom is 0.263 e. The molecule has 1 amide bonds. The second-order valence-corrected chi connectivity index (χ2v) is 9.23. The number of anilines is 1. The lowest BCUT2D eigenvalue weighted by Gasteiger charge is -2.26. The van der Waals surface area contributed by atoms with E-state index in [4.69, 9.17) is 23.2 Å². The molecule has 2 aromatic rings. The standard InChI is InChI=1S/C19H20Cl2N2O4S/c20-13-4-9-17(21)18(11-13)28(26,27)23-15-3-1-2-12(10-15)19(25)22-14-5-7-16(24)8-6-14/h1-4,9-11,14,16,23-24H,5-8H2,(H,22,25). The predicted molar refractivity (Wildman–Crippen MR) is 109 cm³/mol. The molecule has 1 saturated carbocycles. The topological polar surface area (TPSA) is 95.5 Å². The lowest BCUT2D eigenvalue weighted by atomic mass is 9.93.